The van der Waals surface area contributed by atoms with Crippen LogP contribution in [0.4, 0.5) is 5.69 Å². The van der Waals surface area contributed by atoms with Crippen LogP contribution in [0.1, 0.15) is 38.3 Å². The number of nitrogens with zero attached hydrogens (tertiary/aromatic N) is 1. The van der Waals surface area contributed by atoms with Gasteiger partial charge in [0, 0.05) is 12.2 Å². The van der Waals surface area contributed by atoms with Crippen molar-refractivity contribution in [1.82, 2.24) is 0 Å². The van der Waals surface area contributed by atoms with Gasteiger partial charge in [0.1, 0.15) is 5.75 Å². The van der Waals surface area contributed by atoms with Gasteiger partial charge in [-0.3, -0.25) is 9.59 Å². The molecule has 1 heterocycles. The lowest BCUT2D eigenvalue weighted by Gasteiger charge is -2.19. The van der Waals surface area contributed by atoms with Crippen molar-refractivity contribution in [2.45, 2.75) is 39.0 Å². The number of rotatable bonds is 6. The number of para-hydroxylation sites is 1. The lowest BCUT2D eigenvalue weighted by atomic mass is 9.87. The quantitative estimate of drug-likeness (QED) is 0.713. The molecule has 0 spiro atoms. The largest absolute Gasteiger partial charge is 0.493 e. The molecule has 3 rings (SSSR count). The van der Waals surface area contributed by atoms with Crippen LogP contribution in [0.25, 0.3) is 0 Å². The number of benzene rings is 2. The van der Waals surface area contributed by atoms with Gasteiger partial charge in [-0.2, -0.15) is 0 Å². The van der Waals surface area contributed by atoms with E-state index in [-0.39, 0.29) is 31.0 Å². The molecule has 5 nitrogen and oxygen atoms in total. The number of carbonyl (C=O) groups is 2. The summed E-state index contributed by atoms with van der Waals surface area (Å²) in [6.45, 7) is 7.06. The summed E-state index contributed by atoms with van der Waals surface area (Å²) in [6, 6.07) is 15.7. The minimum atomic E-state index is -0.438. The monoisotopic (exact) mass is 381 g/mol. The van der Waals surface area contributed by atoms with Crippen LogP contribution in [-0.4, -0.2) is 31.6 Å². The number of anilines is 1. The van der Waals surface area contributed by atoms with Crippen LogP contribution in [0.2, 0.25) is 0 Å². The highest BCUT2D eigenvalue weighted by Gasteiger charge is 2.24. The first-order valence-corrected chi connectivity index (χ1v) is 9.62. The Morgan fingerprint density at radius 3 is 2.46 bits per heavy atom. The Morgan fingerprint density at radius 2 is 1.75 bits per heavy atom. The van der Waals surface area contributed by atoms with Crippen molar-refractivity contribution in [3.05, 3.63) is 59.7 Å². The topological polar surface area (TPSA) is 55.8 Å². The van der Waals surface area contributed by atoms with E-state index in [0.29, 0.717) is 12.3 Å². The summed E-state index contributed by atoms with van der Waals surface area (Å²) in [5, 5.41) is 0. The maximum Gasteiger partial charge on any atom is 0.309 e. The number of amides is 1. The highest BCUT2D eigenvalue weighted by atomic mass is 16.5. The molecule has 0 N–H and O–H groups in total. The molecule has 1 amide bonds. The van der Waals surface area contributed by atoms with Crippen molar-refractivity contribution in [3.8, 4) is 5.75 Å². The van der Waals surface area contributed by atoms with Crippen molar-refractivity contribution >= 4 is 17.6 Å². The Labute approximate surface area is 166 Å². The molecule has 1 aliphatic heterocycles. The molecule has 0 radical (unpaired) electrons. The van der Waals surface area contributed by atoms with Crippen molar-refractivity contribution in [3.63, 3.8) is 0 Å². The highest BCUT2D eigenvalue weighted by molar-refractivity contribution is 5.97. The minimum absolute atomic E-state index is 0.0880. The Kier molecular flexibility index (Phi) is 6.02. The van der Waals surface area contributed by atoms with Gasteiger partial charge in [0.25, 0.3) is 5.91 Å². The van der Waals surface area contributed by atoms with E-state index in [0.717, 1.165) is 17.7 Å². The van der Waals surface area contributed by atoms with Gasteiger partial charge in [0.2, 0.25) is 0 Å². The lowest BCUT2D eigenvalue weighted by Crippen LogP contribution is -2.33. The van der Waals surface area contributed by atoms with Gasteiger partial charge < -0.3 is 14.4 Å². The van der Waals surface area contributed by atoms with E-state index >= 15 is 0 Å². The molecule has 5 heteroatoms. The smallest absolute Gasteiger partial charge is 0.309 e. The van der Waals surface area contributed by atoms with Gasteiger partial charge in [0.15, 0.2) is 6.61 Å². The average Bonchev–Trinajstić information content (AvgIpc) is 3.10. The summed E-state index contributed by atoms with van der Waals surface area (Å²) in [6.07, 6.45) is 0.933. The number of carbonyl (C=O) groups excluding carboxylic acids is 2. The number of hydrogen-bond acceptors (Lipinski definition) is 4. The fraction of sp³-hybridized carbons (Fsp3) is 0.391. The van der Waals surface area contributed by atoms with Crippen molar-refractivity contribution in [2.24, 2.45) is 0 Å². The lowest BCUT2D eigenvalue weighted by molar-refractivity contribution is -0.148. The van der Waals surface area contributed by atoms with E-state index in [1.807, 2.05) is 48.5 Å². The molecule has 0 atom stereocenters. The zero-order valence-corrected chi connectivity index (χ0v) is 16.7. The number of hydrogen-bond donors (Lipinski definition) is 0. The predicted octanol–water partition coefficient (Wildman–Crippen LogP) is 3.89. The summed E-state index contributed by atoms with van der Waals surface area (Å²) in [5.41, 5.74) is 3.37. The highest BCUT2D eigenvalue weighted by Crippen LogP contribution is 2.27. The summed E-state index contributed by atoms with van der Waals surface area (Å²) >= 11 is 0. The third-order valence-corrected chi connectivity index (χ3v) is 4.84. The second kappa shape index (κ2) is 8.46. The molecule has 0 unspecified atom stereocenters. The first-order chi connectivity index (χ1) is 13.3. The summed E-state index contributed by atoms with van der Waals surface area (Å²) in [5.74, 6) is 0.0784. The van der Waals surface area contributed by atoms with Crippen LogP contribution in [0.15, 0.2) is 48.5 Å². The van der Waals surface area contributed by atoms with Crippen molar-refractivity contribution in [2.75, 3.05) is 24.7 Å². The first-order valence-electron chi connectivity index (χ1n) is 9.62. The van der Waals surface area contributed by atoms with E-state index in [1.54, 1.807) is 4.90 Å². The van der Waals surface area contributed by atoms with Crippen LogP contribution >= 0.6 is 0 Å². The summed E-state index contributed by atoms with van der Waals surface area (Å²) in [4.78, 5) is 25.9. The number of ether oxygens (including phenoxy) is 2. The number of esters is 1. The summed E-state index contributed by atoms with van der Waals surface area (Å²) in [7, 11) is 0. The van der Waals surface area contributed by atoms with Crippen LogP contribution < -0.4 is 9.64 Å². The van der Waals surface area contributed by atoms with Gasteiger partial charge in [0.05, 0.1) is 13.0 Å². The van der Waals surface area contributed by atoms with Gasteiger partial charge in [-0.25, -0.2) is 0 Å². The molecule has 0 bridgehead atoms. The van der Waals surface area contributed by atoms with Gasteiger partial charge in [-0.05, 0) is 41.2 Å². The molecule has 1 aliphatic rings. The molecule has 28 heavy (non-hydrogen) atoms. The van der Waals surface area contributed by atoms with Crippen LogP contribution in [0.5, 0.6) is 5.75 Å². The van der Waals surface area contributed by atoms with Crippen LogP contribution in [-0.2, 0) is 26.2 Å². The zero-order chi connectivity index (χ0) is 20.1. The third kappa shape index (κ3) is 4.91. The fourth-order valence-corrected chi connectivity index (χ4v) is 3.19. The fourth-order valence-electron chi connectivity index (χ4n) is 3.19. The second-order valence-corrected chi connectivity index (χ2v) is 7.96. The van der Waals surface area contributed by atoms with Crippen molar-refractivity contribution in [1.29, 1.82) is 0 Å². The zero-order valence-electron chi connectivity index (χ0n) is 16.7. The summed E-state index contributed by atoms with van der Waals surface area (Å²) < 4.78 is 10.7. The SMILES string of the molecule is CC(C)(C)c1ccc(OCCC(=O)OCC(=O)N2CCc3ccccc32)cc1. The van der Waals surface area contributed by atoms with E-state index in [1.165, 1.54) is 5.56 Å². The molecule has 2 aromatic rings. The first kappa shape index (κ1) is 19.9. The Hall–Kier alpha value is -2.82. The van der Waals surface area contributed by atoms with Gasteiger partial charge >= 0.3 is 5.97 Å². The maximum absolute atomic E-state index is 12.3. The normalized spacial score (nSPS) is 13.2. The maximum atomic E-state index is 12.3. The number of fused-ring (bicyclic) bond motifs is 1. The van der Waals surface area contributed by atoms with E-state index in [2.05, 4.69) is 20.8 Å². The molecular formula is C23H27NO4. The minimum Gasteiger partial charge on any atom is -0.493 e. The molecule has 0 saturated heterocycles. The standard InChI is InChI=1S/C23H27NO4/c1-23(2,3)18-8-10-19(11-9-18)27-15-13-22(26)28-16-21(25)24-14-12-17-6-4-5-7-20(17)24/h4-11H,12-16H2,1-3H3. The van der Waals surface area contributed by atoms with E-state index in [9.17, 15) is 9.59 Å². The molecule has 0 fully saturated rings. The van der Waals surface area contributed by atoms with Gasteiger partial charge in [-0.1, -0.05) is 51.1 Å². The predicted molar refractivity (Wildman–Crippen MR) is 109 cm³/mol. The van der Waals surface area contributed by atoms with Crippen LogP contribution in [0.3, 0.4) is 0 Å². The Balaban J connectivity index is 1.40. The van der Waals surface area contributed by atoms with E-state index < -0.39 is 5.97 Å². The molecule has 0 saturated carbocycles. The third-order valence-electron chi connectivity index (χ3n) is 4.84. The average molecular weight is 381 g/mol. The Bertz CT molecular complexity index is 836. The Morgan fingerprint density at radius 1 is 1.04 bits per heavy atom. The molecule has 2 aromatic carbocycles. The van der Waals surface area contributed by atoms with E-state index in [4.69, 9.17) is 9.47 Å². The molecule has 148 valence electrons. The van der Waals surface area contributed by atoms with Crippen molar-refractivity contribution < 1.29 is 19.1 Å². The second-order valence-electron chi connectivity index (χ2n) is 7.96. The molecular weight excluding hydrogens is 354 g/mol. The molecule has 0 aromatic heterocycles. The molecule has 0 aliphatic carbocycles. The van der Waals surface area contributed by atoms with Crippen LogP contribution in [0, 0.1) is 0 Å². The van der Waals surface area contributed by atoms with Gasteiger partial charge in [-0.15, -0.1) is 0 Å².